The second-order valence-corrected chi connectivity index (χ2v) is 6.76. The molecule has 2 aromatic carbocycles. The summed E-state index contributed by atoms with van der Waals surface area (Å²) in [5, 5.41) is 4.16. The number of halogens is 1. The first-order valence-corrected chi connectivity index (χ1v) is 8.64. The second-order valence-electron chi connectivity index (χ2n) is 6.76. The molecule has 5 heteroatoms. The number of hydrogen-bond donors (Lipinski definition) is 3. The molecule has 1 aromatic heterocycles. The van der Waals surface area contributed by atoms with E-state index in [1.165, 1.54) is 11.1 Å². The van der Waals surface area contributed by atoms with Crippen LogP contribution in [0.1, 0.15) is 35.2 Å². The molecule has 1 unspecified atom stereocenters. The smallest absolute Gasteiger partial charge is 0.237 e. The van der Waals surface area contributed by atoms with Crippen LogP contribution in [0.2, 0.25) is 0 Å². The average molecular weight is 372 g/mol. The summed E-state index contributed by atoms with van der Waals surface area (Å²) in [5.41, 5.74) is 11.8. The Morgan fingerprint density at radius 1 is 1.19 bits per heavy atom. The van der Waals surface area contributed by atoms with Crippen molar-refractivity contribution in [2.45, 2.75) is 39.3 Å². The van der Waals surface area contributed by atoms with E-state index in [-0.39, 0.29) is 24.4 Å². The molecule has 0 aliphatic carbocycles. The van der Waals surface area contributed by atoms with Gasteiger partial charge in [-0.05, 0) is 49.9 Å². The summed E-state index contributed by atoms with van der Waals surface area (Å²) in [4.78, 5) is 15.7. The normalized spacial score (nSPS) is 13.1. The number of benzene rings is 2. The number of aryl methyl sites for hydroxylation is 2. The van der Waals surface area contributed by atoms with Crippen molar-refractivity contribution >= 4 is 29.2 Å². The molecular weight excluding hydrogens is 346 g/mol. The van der Waals surface area contributed by atoms with Gasteiger partial charge in [0.25, 0.3) is 0 Å². The van der Waals surface area contributed by atoms with Gasteiger partial charge < -0.3 is 16.0 Å². The largest absolute Gasteiger partial charge is 0.361 e. The van der Waals surface area contributed by atoms with Gasteiger partial charge in [0.1, 0.15) is 0 Å². The van der Waals surface area contributed by atoms with Crippen molar-refractivity contribution in [2.24, 2.45) is 5.73 Å². The van der Waals surface area contributed by atoms with E-state index in [1.807, 2.05) is 37.4 Å². The highest BCUT2D eigenvalue weighted by Gasteiger charge is 2.19. The molecule has 3 aromatic rings. The first kappa shape index (κ1) is 20.0. The van der Waals surface area contributed by atoms with Crippen LogP contribution in [0.15, 0.2) is 48.7 Å². The minimum Gasteiger partial charge on any atom is -0.361 e. The third-order valence-electron chi connectivity index (χ3n) is 4.70. The third-order valence-corrected chi connectivity index (χ3v) is 4.70. The van der Waals surface area contributed by atoms with Gasteiger partial charge in [0.05, 0.1) is 12.1 Å². The van der Waals surface area contributed by atoms with Crippen molar-refractivity contribution in [3.8, 4) is 0 Å². The maximum absolute atomic E-state index is 12.5. The number of nitrogens with two attached hydrogens (primary N) is 1. The van der Waals surface area contributed by atoms with Gasteiger partial charge in [-0.1, -0.05) is 42.0 Å². The Hall–Kier alpha value is -2.30. The van der Waals surface area contributed by atoms with E-state index in [0.717, 1.165) is 22.0 Å². The standard InChI is InChI=1S/C21H25N3O.ClH/c1-13-8-9-17(14(2)10-13)15(3)24-21(25)19(22)11-16-12-23-20-7-5-4-6-18(16)20;/h4-10,12,15,19,23H,11,22H2,1-3H3,(H,24,25);1H/t15?,19-;/m0./s1. The molecule has 0 saturated carbocycles. The van der Waals surface area contributed by atoms with E-state index in [9.17, 15) is 4.79 Å². The minimum atomic E-state index is -0.576. The van der Waals surface area contributed by atoms with Gasteiger partial charge >= 0.3 is 0 Å². The molecule has 3 rings (SSSR count). The van der Waals surface area contributed by atoms with Crippen LogP contribution in [0, 0.1) is 13.8 Å². The fourth-order valence-corrected chi connectivity index (χ4v) is 3.34. The summed E-state index contributed by atoms with van der Waals surface area (Å²) in [7, 11) is 0. The van der Waals surface area contributed by atoms with Gasteiger partial charge in [-0.2, -0.15) is 0 Å². The number of rotatable bonds is 5. The number of fused-ring (bicyclic) bond motifs is 1. The number of carbonyl (C=O) groups excluding carboxylic acids is 1. The molecule has 26 heavy (non-hydrogen) atoms. The summed E-state index contributed by atoms with van der Waals surface area (Å²) in [6.07, 6.45) is 2.45. The van der Waals surface area contributed by atoms with Crippen LogP contribution in [-0.4, -0.2) is 16.9 Å². The summed E-state index contributed by atoms with van der Waals surface area (Å²) in [6, 6.07) is 13.7. The van der Waals surface area contributed by atoms with Gasteiger partial charge in [-0.15, -0.1) is 12.4 Å². The molecule has 1 amide bonds. The van der Waals surface area contributed by atoms with Crippen molar-refractivity contribution in [1.29, 1.82) is 0 Å². The Bertz CT molecular complexity index is 903. The summed E-state index contributed by atoms with van der Waals surface area (Å²) in [6.45, 7) is 6.13. The Morgan fingerprint density at radius 3 is 2.65 bits per heavy atom. The lowest BCUT2D eigenvalue weighted by Crippen LogP contribution is -2.43. The van der Waals surface area contributed by atoms with Crippen molar-refractivity contribution in [3.05, 3.63) is 70.9 Å². The molecule has 0 saturated heterocycles. The van der Waals surface area contributed by atoms with Gasteiger partial charge in [-0.3, -0.25) is 4.79 Å². The fourth-order valence-electron chi connectivity index (χ4n) is 3.34. The maximum atomic E-state index is 12.5. The highest BCUT2D eigenvalue weighted by Crippen LogP contribution is 2.20. The van der Waals surface area contributed by atoms with E-state index in [4.69, 9.17) is 5.73 Å². The number of aromatic amines is 1. The number of aromatic nitrogens is 1. The quantitative estimate of drug-likeness (QED) is 0.635. The topological polar surface area (TPSA) is 70.9 Å². The number of para-hydroxylation sites is 1. The van der Waals surface area contributed by atoms with Gasteiger partial charge in [0.15, 0.2) is 0 Å². The number of hydrogen-bond acceptors (Lipinski definition) is 2. The van der Waals surface area contributed by atoms with Crippen LogP contribution in [0.25, 0.3) is 10.9 Å². The molecule has 0 aliphatic heterocycles. The highest BCUT2D eigenvalue weighted by molar-refractivity contribution is 5.86. The average Bonchev–Trinajstić information content (AvgIpc) is 2.97. The van der Waals surface area contributed by atoms with E-state index < -0.39 is 6.04 Å². The van der Waals surface area contributed by atoms with Crippen LogP contribution in [0.4, 0.5) is 0 Å². The molecule has 138 valence electrons. The molecule has 0 spiro atoms. The predicted octanol–water partition coefficient (Wildman–Crippen LogP) is 3.95. The molecule has 0 bridgehead atoms. The van der Waals surface area contributed by atoms with Crippen molar-refractivity contribution < 1.29 is 4.79 Å². The maximum Gasteiger partial charge on any atom is 0.237 e. The van der Waals surface area contributed by atoms with Crippen molar-refractivity contribution in [1.82, 2.24) is 10.3 Å². The summed E-state index contributed by atoms with van der Waals surface area (Å²) in [5.74, 6) is -0.127. The van der Waals surface area contributed by atoms with Crippen LogP contribution in [0.3, 0.4) is 0 Å². The summed E-state index contributed by atoms with van der Waals surface area (Å²) >= 11 is 0. The molecule has 0 fully saturated rings. The lowest BCUT2D eigenvalue weighted by atomic mass is 9.99. The lowest BCUT2D eigenvalue weighted by Gasteiger charge is -2.19. The van der Waals surface area contributed by atoms with Gasteiger partial charge in [-0.25, -0.2) is 0 Å². The Kier molecular flexibility index (Phi) is 6.46. The molecule has 4 nitrogen and oxygen atoms in total. The SMILES string of the molecule is Cc1ccc(C(C)NC(=O)[C@@H](N)Cc2c[nH]c3ccccc23)c(C)c1.Cl. The second kappa shape index (κ2) is 8.39. The molecule has 4 N–H and O–H groups in total. The van der Waals surface area contributed by atoms with Gasteiger partial charge in [0, 0.05) is 17.1 Å². The molecule has 0 aliphatic rings. The molecule has 0 radical (unpaired) electrons. The zero-order valence-electron chi connectivity index (χ0n) is 15.4. The molecule has 2 atom stereocenters. The number of nitrogens with one attached hydrogen (secondary N) is 2. The zero-order chi connectivity index (χ0) is 18.0. The zero-order valence-corrected chi connectivity index (χ0v) is 16.2. The Balaban J connectivity index is 0.00000243. The minimum absolute atomic E-state index is 0. The van der Waals surface area contributed by atoms with Crippen molar-refractivity contribution in [3.63, 3.8) is 0 Å². The van der Waals surface area contributed by atoms with Crippen LogP contribution in [-0.2, 0) is 11.2 Å². The van der Waals surface area contributed by atoms with E-state index >= 15 is 0 Å². The Labute approximate surface area is 160 Å². The first-order chi connectivity index (χ1) is 12.0. The van der Waals surface area contributed by atoms with Crippen molar-refractivity contribution in [2.75, 3.05) is 0 Å². The molecule has 1 heterocycles. The van der Waals surface area contributed by atoms with E-state index in [1.54, 1.807) is 0 Å². The highest BCUT2D eigenvalue weighted by atomic mass is 35.5. The van der Waals surface area contributed by atoms with Crippen LogP contribution >= 0.6 is 12.4 Å². The molecular formula is C21H26ClN3O. The number of H-pyrrole nitrogens is 1. The first-order valence-electron chi connectivity index (χ1n) is 8.64. The third kappa shape index (κ3) is 4.26. The van der Waals surface area contributed by atoms with Gasteiger partial charge in [0.2, 0.25) is 5.91 Å². The Morgan fingerprint density at radius 2 is 1.92 bits per heavy atom. The van der Waals surface area contributed by atoms with Crippen LogP contribution < -0.4 is 11.1 Å². The van der Waals surface area contributed by atoms with E-state index in [2.05, 4.69) is 42.3 Å². The monoisotopic (exact) mass is 371 g/mol. The number of amides is 1. The summed E-state index contributed by atoms with van der Waals surface area (Å²) < 4.78 is 0. The fraction of sp³-hybridized carbons (Fsp3) is 0.286. The number of carbonyl (C=O) groups is 1. The van der Waals surface area contributed by atoms with E-state index in [0.29, 0.717) is 6.42 Å². The predicted molar refractivity (Wildman–Crippen MR) is 110 cm³/mol. The lowest BCUT2D eigenvalue weighted by molar-refractivity contribution is -0.123. The van der Waals surface area contributed by atoms with Crippen LogP contribution in [0.5, 0.6) is 0 Å².